The summed E-state index contributed by atoms with van der Waals surface area (Å²) in [6.07, 6.45) is 5.72. The van der Waals surface area contributed by atoms with Crippen molar-refractivity contribution >= 4 is 5.69 Å². The van der Waals surface area contributed by atoms with Gasteiger partial charge in [-0.25, -0.2) is 4.39 Å². The predicted octanol–water partition coefficient (Wildman–Crippen LogP) is 5.27. The fraction of sp³-hybridized carbons (Fsp3) is 0.300. The molecule has 0 fully saturated rings. The predicted molar refractivity (Wildman–Crippen MR) is 88.7 cm³/mol. The second kappa shape index (κ2) is 4.98. The zero-order valence-electron chi connectivity index (χ0n) is 12.9. The van der Waals surface area contributed by atoms with E-state index in [1.807, 2.05) is 12.1 Å². The van der Waals surface area contributed by atoms with Gasteiger partial charge in [-0.3, -0.25) is 0 Å². The first-order valence-corrected chi connectivity index (χ1v) is 7.93. The number of fused-ring (bicyclic) bond motifs is 3. The van der Waals surface area contributed by atoms with Crippen LogP contribution in [0.25, 0.3) is 0 Å². The standard InChI is InChI=1S/C20H20FN/c1-12-10-13(2)19-16-4-3-5-17(16)20(22-18(19)11-12)14-6-8-15(21)9-7-14/h3-4,6-11,16-17,20,22H,5H2,1-2H3/t16-,17+,20+/m1/s1. The van der Waals surface area contributed by atoms with E-state index in [-0.39, 0.29) is 11.9 Å². The van der Waals surface area contributed by atoms with E-state index in [4.69, 9.17) is 0 Å². The van der Waals surface area contributed by atoms with Crippen molar-refractivity contribution in [3.63, 3.8) is 0 Å². The van der Waals surface area contributed by atoms with Crippen LogP contribution >= 0.6 is 0 Å². The summed E-state index contributed by atoms with van der Waals surface area (Å²) in [6.45, 7) is 4.34. The third-order valence-electron chi connectivity index (χ3n) is 5.05. The van der Waals surface area contributed by atoms with Crippen LogP contribution in [0.15, 0.2) is 48.6 Å². The minimum absolute atomic E-state index is 0.173. The molecule has 3 atom stereocenters. The van der Waals surface area contributed by atoms with Gasteiger partial charge in [0.05, 0.1) is 6.04 Å². The number of hydrogen-bond donors (Lipinski definition) is 1. The molecular weight excluding hydrogens is 273 g/mol. The molecule has 2 aromatic carbocycles. The Bertz CT molecular complexity index is 745. The van der Waals surface area contributed by atoms with Gasteiger partial charge in [-0.2, -0.15) is 0 Å². The number of rotatable bonds is 1. The Balaban J connectivity index is 1.82. The van der Waals surface area contributed by atoms with E-state index < -0.39 is 0 Å². The van der Waals surface area contributed by atoms with Crippen LogP contribution in [-0.4, -0.2) is 0 Å². The monoisotopic (exact) mass is 293 g/mol. The van der Waals surface area contributed by atoms with Crippen LogP contribution in [0.5, 0.6) is 0 Å². The van der Waals surface area contributed by atoms with Crippen molar-refractivity contribution in [2.24, 2.45) is 5.92 Å². The van der Waals surface area contributed by atoms with Crippen LogP contribution in [0, 0.1) is 25.6 Å². The average molecular weight is 293 g/mol. The summed E-state index contributed by atoms with van der Waals surface area (Å²) in [5.41, 5.74) is 6.48. The van der Waals surface area contributed by atoms with Gasteiger partial charge in [0.15, 0.2) is 0 Å². The van der Waals surface area contributed by atoms with Gasteiger partial charge < -0.3 is 5.32 Å². The van der Waals surface area contributed by atoms with Crippen molar-refractivity contribution in [1.82, 2.24) is 0 Å². The van der Waals surface area contributed by atoms with Gasteiger partial charge in [-0.1, -0.05) is 30.4 Å². The first-order valence-electron chi connectivity index (χ1n) is 7.93. The lowest BCUT2D eigenvalue weighted by Crippen LogP contribution is -2.29. The second-order valence-electron chi connectivity index (χ2n) is 6.57. The third kappa shape index (κ3) is 2.06. The van der Waals surface area contributed by atoms with Crippen molar-refractivity contribution in [2.75, 3.05) is 5.32 Å². The van der Waals surface area contributed by atoms with Gasteiger partial charge in [0.2, 0.25) is 0 Å². The quantitative estimate of drug-likeness (QED) is 0.706. The SMILES string of the molecule is Cc1cc(C)c2c(c1)N[C@@H](c1ccc(F)cc1)[C@H]1CC=C[C@@H]21. The summed E-state index contributed by atoms with van der Waals surface area (Å²) in [5, 5.41) is 3.72. The van der Waals surface area contributed by atoms with Gasteiger partial charge >= 0.3 is 0 Å². The van der Waals surface area contributed by atoms with E-state index in [1.165, 1.54) is 27.9 Å². The number of aryl methyl sites for hydroxylation is 2. The zero-order valence-corrected chi connectivity index (χ0v) is 12.9. The Morgan fingerprint density at radius 3 is 2.64 bits per heavy atom. The fourth-order valence-electron chi connectivity index (χ4n) is 4.14. The molecule has 0 unspecified atom stereocenters. The highest BCUT2D eigenvalue weighted by Crippen LogP contribution is 2.50. The molecule has 1 aliphatic carbocycles. The van der Waals surface area contributed by atoms with E-state index in [0.717, 1.165) is 6.42 Å². The Morgan fingerprint density at radius 1 is 1.09 bits per heavy atom. The summed E-state index contributed by atoms with van der Waals surface area (Å²) in [4.78, 5) is 0. The van der Waals surface area contributed by atoms with Crippen LogP contribution in [0.2, 0.25) is 0 Å². The van der Waals surface area contributed by atoms with Crippen LogP contribution in [-0.2, 0) is 0 Å². The molecule has 0 amide bonds. The molecule has 2 heteroatoms. The fourth-order valence-corrected chi connectivity index (χ4v) is 4.14. The Labute approximate surface area is 130 Å². The van der Waals surface area contributed by atoms with E-state index >= 15 is 0 Å². The Hall–Kier alpha value is -2.09. The molecule has 2 aromatic rings. The first kappa shape index (κ1) is 13.6. The number of hydrogen-bond acceptors (Lipinski definition) is 1. The van der Waals surface area contributed by atoms with Gasteiger partial charge in [0.25, 0.3) is 0 Å². The normalized spacial score (nSPS) is 25.5. The minimum atomic E-state index is -0.173. The van der Waals surface area contributed by atoms with E-state index in [0.29, 0.717) is 11.8 Å². The highest BCUT2D eigenvalue weighted by Gasteiger charge is 2.38. The molecule has 0 bridgehead atoms. The lowest BCUT2D eigenvalue weighted by Gasteiger charge is -2.38. The Kier molecular flexibility index (Phi) is 3.07. The highest BCUT2D eigenvalue weighted by molar-refractivity contribution is 5.63. The first-order chi connectivity index (χ1) is 10.6. The van der Waals surface area contributed by atoms with Gasteiger partial charge in [-0.15, -0.1) is 0 Å². The second-order valence-corrected chi connectivity index (χ2v) is 6.57. The molecule has 0 aromatic heterocycles. The van der Waals surface area contributed by atoms with Gasteiger partial charge in [0.1, 0.15) is 5.82 Å². The number of allylic oxidation sites excluding steroid dienone is 2. The third-order valence-corrected chi connectivity index (χ3v) is 5.05. The van der Waals surface area contributed by atoms with Crippen molar-refractivity contribution < 1.29 is 4.39 Å². The lowest BCUT2D eigenvalue weighted by atomic mass is 9.75. The molecule has 1 nitrogen and oxygen atoms in total. The van der Waals surface area contributed by atoms with E-state index in [2.05, 4.69) is 43.4 Å². The zero-order chi connectivity index (χ0) is 15.3. The van der Waals surface area contributed by atoms with Crippen LogP contribution in [0.1, 0.15) is 40.6 Å². The van der Waals surface area contributed by atoms with Crippen LogP contribution in [0.4, 0.5) is 10.1 Å². The minimum Gasteiger partial charge on any atom is -0.378 e. The molecule has 112 valence electrons. The van der Waals surface area contributed by atoms with Gasteiger partial charge in [0, 0.05) is 11.6 Å². The molecule has 0 saturated carbocycles. The molecule has 1 heterocycles. The van der Waals surface area contributed by atoms with Crippen LogP contribution < -0.4 is 5.32 Å². The molecule has 1 N–H and O–H groups in total. The smallest absolute Gasteiger partial charge is 0.123 e. The highest BCUT2D eigenvalue weighted by atomic mass is 19.1. The number of halogens is 1. The number of benzene rings is 2. The summed E-state index contributed by atoms with van der Waals surface area (Å²) in [7, 11) is 0. The number of nitrogens with one attached hydrogen (secondary N) is 1. The maximum absolute atomic E-state index is 13.2. The molecule has 0 radical (unpaired) electrons. The summed E-state index contributed by atoms with van der Waals surface area (Å²) >= 11 is 0. The average Bonchev–Trinajstić information content (AvgIpc) is 2.95. The lowest BCUT2D eigenvalue weighted by molar-refractivity contribution is 0.424. The maximum atomic E-state index is 13.2. The molecule has 2 aliphatic rings. The molecule has 0 spiro atoms. The molecular formula is C20H20FN. The van der Waals surface area contributed by atoms with Crippen LogP contribution in [0.3, 0.4) is 0 Å². The Morgan fingerprint density at radius 2 is 1.86 bits per heavy atom. The largest absolute Gasteiger partial charge is 0.378 e. The number of anilines is 1. The molecule has 1 aliphatic heterocycles. The van der Waals surface area contributed by atoms with Crippen molar-refractivity contribution in [1.29, 1.82) is 0 Å². The summed E-state index contributed by atoms with van der Waals surface area (Å²) in [5.74, 6) is 0.805. The maximum Gasteiger partial charge on any atom is 0.123 e. The van der Waals surface area contributed by atoms with Crippen molar-refractivity contribution in [3.05, 3.63) is 76.6 Å². The van der Waals surface area contributed by atoms with Crippen molar-refractivity contribution in [2.45, 2.75) is 32.2 Å². The molecule has 22 heavy (non-hydrogen) atoms. The van der Waals surface area contributed by atoms with Crippen molar-refractivity contribution in [3.8, 4) is 0 Å². The topological polar surface area (TPSA) is 12.0 Å². The molecule has 4 rings (SSSR count). The van der Waals surface area contributed by atoms with Gasteiger partial charge in [-0.05, 0) is 66.6 Å². The van der Waals surface area contributed by atoms with E-state index in [1.54, 1.807) is 12.1 Å². The molecule has 0 saturated heterocycles. The van der Waals surface area contributed by atoms with E-state index in [9.17, 15) is 4.39 Å². The summed E-state index contributed by atoms with van der Waals surface area (Å²) < 4.78 is 13.2. The summed E-state index contributed by atoms with van der Waals surface area (Å²) in [6, 6.07) is 11.7.